The highest BCUT2D eigenvalue weighted by molar-refractivity contribution is 9.09. The largest absolute Gasteiger partial charge is 0.444 e. The third-order valence-corrected chi connectivity index (χ3v) is 3.59. The molecule has 0 bridgehead atoms. The summed E-state index contributed by atoms with van der Waals surface area (Å²) in [4.78, 5) is 14.1. The summed E-state index contributed by atoms with van der Waals surface area (Å²) in [7, 11) is 0. The van der Waals surface area contributed by atoms with Crippen LogP contribution in [0.15, 0.2) is 0 Å². The monoisotopic (exact) mass is 291 g/mol. The number of alkyl halides is 1. The Hall–Kier alpha value is -0.250. The van der Waals surface area contributed by atoms with Gasteiger partial charge >= 0.3 is 6.09 Å². The molecule has 0 radical (unpaired) electrons. The summed E-state index contributed by atoms with van der Waals surface area (Å²) >= 11 is 3.61. The number of halogens is 1. The lowest BCUT2D eigenvalue weighted by molar-refractivity contribution is 0.0185. The lowest BCUT2D eigenvalue weighted by Gasteiger charge is -2.34. The van der Waals surface area contributed by atoms with Crippen molar-refractivity contribution < 1.29 is 9.53 Å². The summed E-state index contributed by atoms with van der Waals surface area (Å²) in [5, 5.41) is 0. The molecule has 1 unspecified atom stereocenters. The molecular weight excluding hydrogens is 270 g/mol. The molecule has 1 atom stereocenters. The van der Waals surface area contributed by atoms with Crippen LogP contribution in [0.3, 0.4) is 0 Å². The van der Waals surface area contributed by atoms with Crippen molar-refractivity contribution in [2.45, 2.75) is 51.0 Å². The van der Waals surface area contributed by atoms with Gasteiger partial charge in [-0.05, 0) is 39.5 Å². The first-order valence-electron chi connectivity index (χ1n) is 5.91. The summed E-state index contributed by atoms with van der Waals surface area (Å²) in [6.07, 6.45) is 1.95. The van der Waals surface area contributed by atoms with Gasteiger partial charge in [0.15, 0.2) is 0 Å². The topological polar surface area (TPSA) is 29.5 Å². The lowest BCUT2D eigenvalue weighted by Crippen LogP contribution is -2.42. The number of ether oxygens (including phenoxy) is 1. The van der Waals surface area contributed by atoms with Gasteiger partial charge in [0.2, 0.25) is 0 Å². The summed E-state index contributed by atoms with van der Waals surface area (Å²) in [5.41, 5.74) is -0.392. The van der Waals surface area contributed by atoms with Gasteiger partial charge in [0.25, 0.3) is 0 Å². The Labute approximate surface area is 107 Å². The van der Waals surface area contributed by atoms with Crippen LogP contribution in [0.5, 0.6) is 0 Å². The second-order valence-electron chi connectivity index (χ2n) is 5.48. The van der Waals surface area contributed by atoms with Crippen LogP contribution in [0.25, 0.3) is 0 Å². The van der Waals surface area contributed by atoms with Crippen LogP contribution in [0.1, 0.15) is 40.5 Å². The third-order valence-electron chi connectivity index (χ3n) is 2.84. The number of amides is 1. The Balaban J connectivity index is 2.39. The normalized spacial score (nSPS) is 20.7. The van der Waals surface area contributed by atoms with Crippen molar-refractivity contribution in [3.8, 4) is 0 Å². The molecule has 16 heavy (non-hydrogen) atoms. The molecule has 0 spiro atoms. The molecule has 94 valence electrons. The quantitative estimate of drug-likeness (QED) is 0.693. The fourth-order valence-electron chi connectivity index (χ4n) is 1.87. The van der Waals surface area contributed by atoms with E-state index in [1.54, 1.807) is 0 Å². The molecule has 1 aliphatic heterocycles. The lowest BCUT2D eigenvalue weighted by atomic mass is 9.94. The van der Waals surface area contributed by atoms with Gasteiger partial charge < -0.3 is 9.64 Å². The average molecular weight is 292 g/mol. The zero-order valence-corrected chi connectivity index (χ0v) is 12.2. The fourth-order valence-corrected chi connectivity index (χ4v) is 2.40. The zero-order chi connectivity index (χ0) is 12.3. The minimum absolute atomic E-state index is 0.173. The van der Waals surface area contributed by atoms with Crippen LogP contribution in [-0.4, -0.2) is 34.5 Å². The minimum atomic E-state index is -0.392. The van der Waals surface area contributed by atoms with Gasteiger partial charge in [0.1, 0.15) is 5.60 Å². The van der Waals surface area contributed by atoms with Crippen LogP contribution in [-0.2, 0) is 4.74 Å². The van der Waals surface area contributed by atoms with E-state index in [1.807, 2.05) is 25.7 Å². The van der Waals surface area contributed by atoms with Gasteiger partial charge in [0, 0.05) is 17.9 Å². The van der Waals surface area contributed by atoms with E-state index < -0.39 is 5.60 Å². The molecule has 1 fully saturated rings. The molecular formula is C12H22BrNO2. The summed E-state index contributed by atoms with van der Waals surface area (Å²) < 4.78 is 5.35. The molecule has 3 nitrogen and oxygen atoms in total. The van der Waals surface area contributed by atoms with Crippen molar-refractivity contribution in [3.63, 3.8) is 0 Å². The van der Waals surface area contributed by atoms with E-state index in [9.17, 15) is 4.79 Å². The van der Waals surface area contributed by atoms with Crippen molar-refractivity contribution >= 4 is 22.0 Å². The number of hydrogen-bond acceptors (Lipinski definition) is 2. The van der Waals surface area contributed by atoms with Crippen LogP contribution in [0.2, 0.25) is 0 Å². The molecule has 0 aromatic carbocycles. The van der Waals surface area contributed by atoms with E-state index in [0.717, 1.165) is 25.9 Å². The first-order valence-corrected chi connectivity index (χ1v) is 6.83. The molecule has 0 aromatic rings. The molecule has 0 aliphatic carbocycles. The zero-order valence-electron chi connectivity index (χ0n) is 10.6. The summed E-state index contributed by atoms with van der Waals surface area (Å²) in [5.74, 6) is 0.679. The van der Waals surface area contributed by atoms with Crippen LogP contribution < -0.4 is 0 Å². The summed E-state index contributed by atoms with van der Waals surface area (Å²) in [6.45, 7) is 9.51. The van der Waals surface area contributed by atoms with E-state index in [2.05, 4.69) is 22.9 Å². The molecule has 0 saturated carbocycles. The predicted octanol–water partition coefficient (Wildman–Crippen LogP) is 3.42. The molecule has 1 aliphatic rings. The molecule has 1 amide bonds. The number of rotatable bonds is 1. The smallest absolute Gasteiger partial charge is 0.410 e. The van der Waals surface area contributed by atoms with E-state index in [1.165, 1.54) is 0 Å². The molecule has 1 heterocycles. The van der Waals surface area contributed by atoms with E-state index in [0.29, 0.717) is 10.7 Å². The standard InChI is InChI=1S/C12H22BrNO2/c1-9(13)10-5-7-14(8-6-10)11(15)16-12(2,3)4/h9-10H,5-8H2,1-4H3. The van der Waals surface area contributed by atoms with E-state index in [-0.39, 0.29) is 6.09 Å². The Morgan fingerprint density at radius 1 is 1.38 bits per heavy atom. The Bertz CT molecular complexity index is 240. The molecule has 1 rings (SSSR count). The highest BCUT2D eigenvalue weighted by Crippen LogP contribution is 2.25. The first-order chi connectivity index (χ1) is 7.29. The first kappa shape index (κ1) is 13.8. The maximum absolute atomic E-state index is 11.8. The molecule has 4 heteroatoms. The highest BCUT2D eigenvalue weighted by Gasteiger charge is 2.28. The van der Waals surface area contributed by atoms with Gasteiger partial charge in [-0.1, -0.05) is 22.9 Å². The van der Waals surface area contributed by atoms with E-state index in [4.69, 9.17) is 4.74 Å². The number of piperidine rings is 1. The van der Waals surface area contributed by atoms with Crippen molar-refractivity contribution in [3.05, 3.63) is 0 Å². The number of carbonyl (C=O) groups is 1. The second kappa shape index (κ2) is 5.39. The maximum Gasteiger partial charge on any atom is 0.410 e. The molecule has 1 saturated heterocycles. The van der Waals surface area contributed by atoms with Crippen LogP contribution >= 0.6 is 15.9 Å². The fraction of sp³-hybridized carbons (Fsp3) is 0.917. The minimum Gasteiger partial charge on any atom is -0.444 e. The maximum atomic E-state index is 11.8. The number of hydrogen-bond donors (Lipinski definition) is 0. The van der Waals surface area contributed by atoms with Crippen molar-refractivity contribution in [1.29, 1.82) is 0 Å². The van der Waals surface area contributed by atoms with Gasteiger partial charge in [-0.2, -0.15) is 0 Å². The van der Waals surface area contributed by atoms with E-state index >= 15 is 0 Å². The van der Waals surface area contributed by atoms with Crippen molar-refractivity contribution in [2.75, 3.05) is 13.1 Å². The molecule has 0 N–H and O–H groups in total. The second-order valence-corrected chi connectivity index (χ2v) is 6.93. The van der Waals surface area contributed by atoms with Crippen molar-refractivity contribution in [1.82, 2.24) is 4.90 Å². The SMILES string of the molecule is CC(Br)C1CCN(C(=O)OC(C)(C)C)CC1. The Morgan fingerprint density at radius 3 is 2.25 bits per heavy atom. The Kier molecular flexibility index (Phi) is 4.65. The van der Waals surface area contributed by atoms with Crippen LogP contribution in [0, 0.1) is 5.92 Å². The molecule has 0 aromatic heterocycles. The van der Waals surface area contributed by atoms with Crippen LogP contribution in [0.4, 0.5) is 4.79 Å². The van der Waals surface area contributed by atoms with Gasteiger partial charge in [0.05, 0.1) is 0 Å². The highest BCUT2D eigenvalue weighted by atomic mass is 79.9. The van der Waals surface area contributed by atoms with Crippen molar-refractivity contribution in [2.24, 2.45) is 5.92 Å². The van der Waals surface area contributed by atoms with Gasteiger partial charge in [-0.25, -0.2) is 4.79 Å². The average Bonchev–Trinajstić information content (AvgIpc) is 2.15. The third kappa shape index (κ3) is 4.32. The van der Waals surface area contributed by atoms with Gasteiger partial charge in [-0.3, -0.25) is 0 Å². The summed E-state index contributed by atoms with van der Waals surface area (Å²) in [6, 6.07) is 0. The Morgan fingerprint density at radius 2 is 1.88 bits per heavy atom. The number of carbonyl (C=O) groups excluding carboxylic acids is 1. The predicted molar refractivity (Wildman–Crippen MR) is 68.9 cm³/mol. The van der Waals surface area contributed by atoms with Gasteiger partial charge in [-0.15, -0.1) is 0 Å². The number of likely N-dealkylation sites (tertiary alicyclic amines) is 1. The number of nitrogens with zero attached hydrogens (tertiary/aromatic N) is 1.